The van der Waals surface area contributed by atoms with E-state index in [2.05, 4.69) is 30.1 Å². The molecule has 0 bridgehead atoms. The predicted octanol–water partition coefficient (Wildman–Crippen LogP) is 2.72. The third-order valence-electron chi connectivity index (χ3n) is 4.60. The molecule has 1 aliphatic heterocycles. The second-order valence-corrected chi connectivity index (χ2v) is 6.29. The quantitative estimate of drug-likeness (QED) is 0.895. The monoisotopic (exact) mass is 325 g/mol. The highest BCUT2D eigenvalue weighted by Crippen LogP contribution is 2.22. The van der Waals surface area contributed by atoms with Gasteiger partial charge in [0.25, 0.3) is 0 Å². The van der Waals surface area contributed by atoms with Gasteiger partial charge in [-0.25, -0.2) is 0 Å². The summed E-state index contributed by atoms with van der Waals surface area (Å²) in [5.41, 5.74) is 9.09. The molecule has 2 rings (SSSR count). The summed E-state index contributed by atoms with van der Waals surface area (Å²) in [5.74, 6) is 0.758. The highest BCUT2D eigenvalue weighted by atomic mass is 35.5. The highest BCUT2D eigenvalue weighted by molar-refractivity contribution is 5.93. The second kappa shape index (κ2) is 8.51. The maximum Gasteiger partial charge on any atom is 0.238 e. The van der Waals surface area contributed by atoms with Gasteiger partial charge in [-0.3, -0.25) is 9.69 Å². The van der Waals surface area contributed by atoms with Gasteiger partial charge >= 0.3 is 0 Å². The van der Waals surface area contributed by atoms with Crippen LogP contribution in [0.5, 0.6) is 0 Å². The molecule has 3 N–H and O–H groups in total. The van der Waals surface area contributed by atoms with Gasteiger partial charge in [0.2, 0.25) is 5.91 Å². The van der Waals surface area contributed by atoms with Crippen LogP contribution < -0.4 is 11.1 Å². The minimum atomic E-state index is 0. The number of hydrogen-bond donors (Lipinski definition) is 2. The van der Waals surface area contributed by atoms with Crippen molar-refractivity contribution in [3.8, 4) is 0 Å². The summed E-state index contributed by atoms with van der Waals surface area (Å²) in [7, 11) is 0. The van der Waals surface area contributed by atoms with Gasteiger partial charge in [0.05, 0.1) is 6.54 Å². The lowest BCUT2D eigenvalue weighted by Crippen LogP contribution is -2.49. The number of benzene rings is 1. The molecule has 22 heavy (non-hydrogen) atoms. The number of carbonyl (C=O) groups excluding carboxylic acids is 1. The third kappa shape index (κ3) is 4.70. The van der Waals surface area contributed by atoms with E-state index in [1.165, 1.54) is 5.56 Å². The Morgan fingerprint density at radius 3 is 2.82 bits per heavy atom. The minimum Gasteiger partial charge on any atom is -0.329 e. The molecule has 1 aromatic carbocycles. The first-order valence-corrected chi connectivity index (χ1v) is 7.81. The highest BCUT2D eigenvalue weighted by Gasteiger charge is 2.26. The minimum absolute atomic E-state index is 0. The Morgan fingerprint density at radius 2 is 2.14 bits per heavy atom. The Labute approximate surface area is 139 Å². The smallest absolute Gasteiger partial charge is 0.238 e. The molecule has 0 radical (unpaired) electrons. The molecule has 1 aliphatic rings. The van der Waals surface area contributed by atoms with Crippen LogP contribution in [-0.4, -0.2) is 36.5 Å². The van der Waals surface area contributed by atoms with Gasteiger partial charge in [0, 0.05) is 18.3 Å². The summed E-state index contributed by atoms with van der Waals surface area (Å²) in [5, 5.41) is 3.03. The molecule has 0 aliphatic carbocycles. The number of aryl methyl sites for hydroxylation is 1. The topological polar surface area (TPSA) is 58.4 Å². The first-order chi connectivity index (χ1) is 10.0. The average molecular weight is 326 g/mol. The lowest BCUT2D eigenvalue weighted by atomic mass is 9.92. The van der Waals surface area contributed by atoms with E-state index in [0.29, 0.717) is 25.0 Å². The maximum absolute atomic E-state index is 12.3. The van der Waals surface area contributed by atoms with E-state index < -0.39 is 0 Å². The molecule has 0 spiro atoms. The van der Waals surface area contributed by atoms with Crippen molar-refractivity contribution in [3.05, 3.63) is 29.3 Å². The van der Waals surface area contributed by atoms with E-state index in [0.717, 1.165) is 30.6 Å². The van der Waals surface area contributed by atoms with Gasteiger partial charge in [0.15, 0.2) is 0 Å². The van der Waals surface area contributed by atoms with E-state index in [-0.39, 0.29) is 18.3 Å². The van der Waals surface area contributed by atoms with Crippen LogP contribution >= 0.6 is 12.4 Å². The fourth-order valence-electron chi connectivity index (χ4n) is 3.01. The Morgan fingerprint density at radius 1 is 1.41 bits per heavy atom. The van der Waals surface area contributed by atoms with Crippen LogP contribution in [0.25, 0.3) is 0 Å². The van der Waals surface area contributed by atoms with E-state index in [1.54, 1.807) is 0 Å². The van der Waals surface area contributed by atoms with Crippen molar-refractivity contribution >= 4 is 24.0 Å². The van der Waals surface area contributed by atoms with Crippen molar-refractivity contribution in [1.29, 1.82) is 0 Å². The fourth-order valence-corrected chi connectivity index (χ4v) is 3.01. The number of anilines is 1. The predicted molar refractivity (Wildman–Crippen MR) is 94.6 cm³/mol. The largest absolute Gasteiger partial charge is 0.329 e. The van der Waals surface area contributed by atoms with Crippen molar-refractivity contribution in [2.75, 3.05) is 25.0 Å². The SMILES string of the molecule is Cc1cccc(NC(=O)CN2CCC(C)CC2CN)c1C.Cl. The number of hydrogen-bond acceptors (Lipinski definition) is 3. The summed E-state index contributed by atoms with van der Waals surface area (Å²) in [4.78, 5) is 14.5. The van der Waals surface area contributed by atoms with Crippen molar-refractivity contribution in [2.45, 2.75) is 39.7 Å². The maximum atomic E-state index is 12.3. The molecule has 2 unspecified atom stereocenters. The summed E-state index contributed by atoms with van der Waals surface area (Å²) in [6, 6.07) is 6.32. The van der Waals surface area contributed by atoms with Crippen molar-refractivity contribution < 1.29 is 4.79 Å². The molecular weight excluding hydrogens is 298 g/mol. The number of likely N-dealkylation sites (tertiary alicyclic amines) is 1. The van der Waals surface area contributed by atoms with Crippen molar-refractivity contribution in [3.63, 3.8) is 0 Å². The Hall–Kier alpha value is -1.10. The van der Waals surface area contributed by atoms with E-state index in [1.807, 2.05) is 19.1 Å². The zero-order valence-electron chi connectivity index (χ0n) is 13.8. The van der Waals surface area contributed by atoms with E-state index >= 15 is 0 Å². The van der Waals surface area contributed by atoms with Crippen LogP contribution in [0.2, 0.25) is 0 Å². The number of piperidine rings is 1. The number of rotatable bonds is 4. The van der Waals surface area contributed by atoms with Crippen LogP contribution in [0.1, 0.15) is 30.9 Å². The molecule has 1 heterocycles. The summed E-state index contributed by atoms with van der Waals surface area (Å²) in [6.45, 7) is 8.38. The molecule has 124 valence electrons. The first-order valence-electron chi connectivity index (χ1n) is 7.81. The van der Waals surface area contributed by atoms with Crippen LogP contribution in [0.4, 0.5) is 5.69 Å². The lowest BCUT2D eigenvalue weighted by molar-refractivity contribution is -0.118. The van der Waals surface area contributed by atoms with Gasteiger partial charge in [0.1, 0.15) is 0 Å². The van der Waals surface area contributed by atoms with Crippen molar-refractivity contribution in [2.24, 2.45) is 11.7 Å². The number of nitrogens with two attached hydrogens (primary N) is 1. The zero-order valence-corrected chi connectivity index (χ0v) is 14.6. The molecular formula is C17H28ClN3O. The summed E-state index contributed by atoms with van der Waals surface area (Å²) < 4.78 is 0. The summed E-state index contributed by atoms with van der Waals surface area (Å²) in [6.07, 6.45) is 2.24. The second-order valence-electron chi connectivity index (χ2n) is 6.29. The van der Waals surface area contributed by atoms with Gasteiger partial charge < -0.3 is 11.1 Å². The molecule has 1 fully saturated rings. The van der Waals surface area contributed by atoms with Gasteiger partial charge in [-0.05, 0) is 56.3 Å². The molecule has 0 saturated carbocycles. The van der Waals surface area contributed by atoms with Gasteiger partial charge in [-0.15, -0.1) is 12.4 Å². The molecule has 1 amide bonds. The van der Waals surface area contributed by atoms with Crippen LogP contribution in [0.3, 0.4) is 0 Å². The first kappa shape index (κ1) is 18.9. The van der Waals surface area contributed by atoms with Gasteiger partial charge in [-0.1, -0.05) is 19.1 Å². The molecule has 0 aromatic heterocycles. The number of nitrogens with one attached hydrogen (secondary N) is 1. The van der Waals surface area contributed by atoms with Crippen LogP contribution in [0.15, 0.2) is 18.2 Å². The van der Waals surface area contributed by atoms with E-state index in [9.17, 15) is 4.79 Å². The van der Waals surface area contributed by atoms with Gasteiger partial charge in [-0.2, -0.15) is 0 Å². The Balaban J connectivity index is 0.00000242. The third-order valence-corrected chi connectivity index (χ3v) is 4.60. The standard InChI is InChI=1S/C17H27N3O.ClH/c1-12-7-8-20(15(9-12)10-18)11-17(21)19-16-6-4-5-13(2)14(16)3;/h4-6,12,15H,7-11,18H2,1-3H3,(H,19,21);1H. The average Bonchev–Trinajstić information content (AvgIpc) is 2.45. The zero-order chi connectivity index (χ0) is 15.4. The molecule has 2 atom stereocenters. The Kier molecular flexibility index (Phi) is 7.33. The van der Waals surface area contributed by atoms with Crippen LogP contribution in [-0.2, 0) is 4.79 Å². The molecule has 5 heteroatoms. The molecule has 4 nitrogen and oxygen atoms in total. The number of halogens is 1. The van der Waals surface area contributed by atoms with Crippen LogP contribution in [0, 0.1) is 19.8 Å². The number of carbonyl (C=O) groups is 1. The Bertz CT molecular complexity index is 507. The van der Waals surface area contributed by atoms with E-state index in [4.69, 9.17) is 5.73 Å². The lowest BCUT2D eigenvalue weighted by Gasteiger charge is -2.37. The molecule has 1 aromatic rings. The fraction of sp³-hybridized carbons (Fsp3) is 0.588. The molecule has 1 saturated heterocycles. The van der Waals surface area contributed by atoms with Crippen molar-refractivity contribution in [1.82, 2.24) is 4.90 Å². The number of amides is 1. The number of nitrogens with zero attached hydrogens (tertiary/aromatic N) is 1. The normalized spacial score (nSPS) is 22.0. The summed E-state index contributed by atoms with van der Waals surface area (Å²) >= 11 is 0.